The molecule has 1 aromatic rings. The number of esters is 1. The predicted molar refractivity (Wildman–Crippen MR) is 78.6 cm³/mol. The summed E-state index contributed by atoms with van der Waals surface area (Å²) in [6.45, 7) is 0. The Labute approximate surface area is 117 Å². The minimum atomic E-state index is -0.434. The summed E-state index contributed by atoms with van der Waals surface area (Å²) in [5.41, 5.74) is 6.70. The fourth-order valence-corrected chi connectivity index (χ4v) is 3.15. The molecule has 1 fully saturated rings. The molecule has 2 rings (SSSR count). The van der Waals surface area contributed by atoms with E-state index in [0.717, 1.165) is 12.8 Å². The average Bonchev–Trinajstić information content (AvgIpc) is 2.88. The van der Waals surface area contributed by atoms with Crippen molar-refractivity contribution in [3.63, 3.8) is 0 Å². The molecule has 0 bridgehead atoms. The molecule has 6 heteroatoms. The first-order valence-electron chi connectivity index (χ1n) is 6.27. The second-order valence-corrected chi connectivity index (χ2v) is 5.76. The van der Waals surface area contributed by atoms with Crippen molar-refractivity contribution in [3.05, 3.63) is 17.8 Å². The van der Waals surface area contributed by atoms with Gasteiger partial charge >= 0.3 is 5.97 Å². The number of nitrogen functional groups attached to an aromatic ring is 1. The Morgan fingerprint density at radius 2 is 2.37 bits per heavy atom. The molecular weight excluding hydrogens is 262 g/mol. The summed E-state index contributed by atoms with van der Waals surface area (Å²) in [5, 5.41) is 4.03. The number of nitrogens with one attached hydrogen (secondary N) is 1. The predicted octanol–water partition coefficient (Wildman–Crippen LogP) is 2.15. The third-order valence-electron chi connectivity index (χ3n) is 3.45. The number of thioether (sulfide) groups is 1. The van der Waals surface area contributed by atoms with Crippen molar-refractivity contribution >= 4 is 29.2 Å². The molecule has 19 heavy (non-hydrogen) atoms. The number of pyridine rings is 1. The second kappa shape index (κ2) is 6.14. The fourth-order valence-electron chi connectivity index (χ4n) is 2.35. The number of carbonyl (C=O) groups is 1. The van der Waals surface area contributed by atoms with Gasteiger partial charge in [-0.15, -0.1) is 0 Å². The number of hydrogen-bond donors (Lipinski definition) is 2. The monoisotopic (exact) mass is 281 g/mol. The van der Waals surface area contributed by atoms with Crippen molar-refractivity contribution in [2.45, 2.75) is 30.6 Å². The van der Waals surface area contributed by atoms with E-state index in [1.165, 1.54) is 13.5 Å². The number of ether oxygens (including phenoxy) is 1. The van der Waals surface area contributed by atoms with E-state index in [9.17, 15) is 4.79 Å². The maximum absolute atomic E-state index is 11.6. The van der Waals surface area contributed by atoms with Crippen molar-refractivity contribution < 1.29 is 9.53 Å². The number of rotatable bonds is 4. The largest absolute Gasteiger partial charge is 0.465 e. The van der Waals surface area contributed by atoms with Crippen molar-refractivity contribution in [1.29, 1.82) is 0 Å². The number of carbonyl (C=O) groups excluding carboxylic acids is 1. The number of nitrogens with two attached hydrogens (primary N) is 1. The van der Waals surface area contributed by atoms with Gasteiger partial charge in [0.1, 0.15) is 5.82 Å². The Balaban J connectivity index is 2.11. The smallest absolute Gasteiger partial charge is 0.340 e. The SMILES string of the molecule is COC(=O)c1ccnc(NC2CCC(SC)C2)c1N. The highest BCUT2D eigenvalue weighted by Gasteiger charge is 2.25. The van der Waals surface area contributed by atoms with E-state index in [2.05, 4.69) is 16.6 Å². The highest BCUT2D eigenvalue weighted by atomic mass is 32.2. The van der Waals surface area contributed by atoms with Gasteiger partial charge in [0.15, 0.2) is 0 Å². The molecule has 1 saturated carbocycles. The topological polar surface area (TPSA) is 77.2 Å². The molecule has 2 atom stereocenters. The van der Waals surface area contributed by atoms with E-state index >= 15 is 0 Å². The molecule has 104 valence electrons. The van der Waals surface area contributed by atoms with Crippen molar-refractivity contribution in [1.82, 2.24) is 4.98 Å². The van der Waals surface area contributed by atoms with Crippen LogP contribution in [0.2, 0.25) is 0 Å². The minimum absolute atomic E-state index is 0.361. The Morgan fingerprint density at radius 3 is 3.00 bits per heavy atom. The molecule has 3 N–H and O–H groups in total. The average molecular weight is 281 g/mol. The van der Waals surface area contributed by atoms with Crippen LogP contribution < -0.4 is 11.1 Å². The summed E-state index contributed by atoms with van der Waals surface area (Å²) in [7, 11) is 1.34. The van der Waals surface area contributed by atoms with Gasteiger partial charge in [0.25, 0.3) is 0 Å². The summed E-state index contributed by atoms with van der Waals surface area (Å²) >= 11 is 1.90. The fraction of sp³-hybridized carbons (Fsp3) is 0.538. The Bertz CT molecular complexity index is 467. The maximum atomic E-state index is 11.6. The quantitative estimate of drug-likeness (QED) is 0.823. The van der Waals surface area contributed by atoms with Gasteiger partial charge in [-0.25, -0.2) is 9.78 Å². The van der Waals surface area contributed by atoms with Gasteiger partial charge in [-0.1, -0.05) is 0 Å². The third kappa shape index (κ3) is 3.12. The normalized spacial score (nSPS) is 22.2. The highest BCUT2D eigenvalue weighted by Crippen LogP contribution is 2.31. The van der Waals surface area contributed by atoms with Crippen LogP contribution >= 0.6 is 11.8 Å². The molecule has 2 unspecified atom stereocenters. The summed E-state index contributed by atoms with van der Waals surface area (Å²) in [5.74, 6) is 0.144. The van der Waals surface area contributed by atoms with Crippen LogP contribution in [0.4, 0.5) is 11.5 Å². The van der Waals surface area contributed by atoms with Gasteiger partial charge in [-0.3, -0.25) is 0 Å². The lowest BCUT2D eigenvalue weighted by Gasteiger charge is -2.16. The van der Waals surface area contributed by atoms with Gasteiger partial charge in [0.05, 0.1) is 18.4 Å². The van der Waals surface area contributed by atoms with Crippen molar-refractivity contribution in [3.8, 4) is 0 Å². The molecule has 0 amide bonds. The van der Waals surface area contributed by atoms with E-state index in [4.69, 9.17) is 10.5 Å². The molecule has 0 spiro atoms. The molecular formula is C13H19N3O2S. The Kier molecular flexibility index (Phi) is 4.52. The number of nitrogens with zero attached hydrogens (tertiary/aromatic N) is 1. The van der Waals surface area contributed by atoms with E-state index in [1.807, 2.05) is 11.8 Å². The molecule has 5 nitrogen and oxygen atoms in total. The molecule has 0 radical (unpaired) electrons. The van der Waals surface area contributed by atoms with Gasteiger partial charge in [-0.05, 0) is 31.6 Å². The summed E-state index contributed by atoms with van der Waals surface area (Å²) in [4.78, 5) is 15.8. The lowest BCUT2D eigenvalue weighted by molar-refractivity contribution is 0.0602. The van der Waals surface area contributed by atoms with Crippen LogP contribution in [0.3, 0.4) is 0 Å². The number of methoxy groups -OCH3 is 1. The zero-order valence-electron chi connectivity index (χ0n) is 11.2. The third-order valence-corrected chi connectivity index (χ3v) is 4.55. The lowest BCUT2D eigenvalue weighted by Crippen LogP contribution is -2.19. The molecule has 0 aliphatic heterocycles. The molecule has 0 aromatic carbocycles. The lowest BCUT2D eigenvalue weighted by atomic mass is 10.2. The van der Waals surface area contributed by atoms with Gasteiger partial charge < -0.3 is 15.8 Å². The van der Waals surface area contributed by atoms with Crippen LogP contribution in [-0.4, -0.2) is 35.6 Å². The second-order valence-electron chi connectivity index (χ2n) is 4.62. The maximum Gasteiger partial charge on any atom is 0.340 e. The number of hydrogen-bond acceptors (Lipinski definition) is 6. The van der Waals surface area contributed by atoms with Gasteiger partial charge in [0, 0.05) is 17.5 Å². The van der Waals surface area contributed by atoms with Crippen molar-refractivity contribution in [2.24, 2.45) is 0 Å². The van der Waals surface area contributed by atoms with Crippen LogP contribution in [0.1, 0.15) is 29.6 Å². The van der Waals surface area contributed by atoms with Crippen LogP contribution in [0.15, 0.2) is 12.3 Å². The van der Waals surface area contributed by atoms with E-state index < -0.39 is 5.97 Å². The first kappa shape index (κ1) is 14.0. The first-order valence-corrected chi connectivity index (χ1v) is 7.56. The highest BCUT2D eigenvalue weighted by molar-refractivity contribution is 7.99. The summed E-state index contributed by atoms with van der Waals surface area (Å²) in [6.07, 6.45) is 7.12. The zero-order chi connectivity index (χ0) is 13.8. The number of anilines is 2. The summed E-state index contributed by atoms with van der Waals surface area (Å²) in [6, 6.07) is 1.95. The molecule has 1 heterocycles. The molecule has 0 saturated heterocycles. The number of aromatic nitrogens is 1. The van der Waals surface area contributed by atoms with Crippen LogP contribution in [0, 0.1) is 0 Å². The minimum Gasteiger partial charge on any atom is -0.465 e. The van der Waals surface area contributed by atoms with Crippen LogP contribution in [0.5, 0.6) is 0 Å². The molecule has 1 aliphatic carbocycles. The van der Waals surface area contributed by atoms with Crippen molar-refractivity contribution in [2.75, 3.05) is 24.4 Å². The molecule has 1 aromatic heterocycles. The van der Waals surface area contributed by atoms with E-state index in [-0.39, 0.29) is 0 Å². The van der Waals surface area contributed by atoms with Gasteiger partial charge in [-0.2, -0.15) is 11.8 Å². The van der Waals surface area contributed by atoms with E-state index in [0.29, 0.717) is 28.4 Å². The standard InChI is InChI=1S/C13H19N3O2S/c1-18-13(17)10-5-6-15-12(11(10)14)16-8-3-4-9(7-8)19-2/h5-6,8-9H,3-4,7,14H2,1-2H3,(H,15,16). The van der Waals surface area contributed by atoms with Crippen LogP contribution in [-0.2, 0) is 4.74 Å². The summed E-state index contributed by atoms with van der Waals surface area (Å²) < 4.78 is 4.70. The molecule has 1 aliphatic rings. The zero-order valence-corrected chi connectivity index (χ0v) is 12.0. The van der Waals surface area contributed by atoms with E-state index in [1.54, 1.807) is 12.3 Å². The Morgan fingerprint density at radius 1 is 1.58 bits per heavy atom. The van der Waals surface area contributed by atoms with Gasteiger partial charge in [0.2, 0.25) is 0 Å². The Hall–Kier alpha value is -1.43. The van der Waals surface area contributed by atoms with Crippen LogP contribution in [0.25, 0.3) is 0 Å². The first-order chi connectivity index (χ1) is 9.15.